The predicted octanol–water partition coefficient (Wildman–Crippen LogP) is 2.14. The highest BCUT2D eigenvalue weighted by atomic mass is 35.5. The number of rotatable bonds is 3. The van der Waals surface area contributed by atoms with E-state index in [2.05, 4.69) is 17.4 Å². The monoisotopic (exact) mass is 237 g/mol. The van der Waals surface area contributed by atoms with Gasteiger partial charge in [0.2, 0.25) is 5.91 Å². The molecule has 1 aromatic carbocycles. The number of alkyl halides is 1. The van der Waals surface area contributed by atoms with Crippen molar-refractivity contribution in [3.05, 3.63) is 35.4 Å². The number of carbonyl (C=O) groups is 1. The van der Waals surface area contributed by atoms with Crippen LogP contribution in [0, 0.1) is 5.92 Å². The van der Waals surface area contributed by atoms with Crippen molar-refractivity contribution in [1.82, 2.24) is 5.32 Å². The molecule has 86 valence electrons. The minimum Gasteiger partial charge on any atom is -0.354 e. The van der Waals surface area contributed by atoms with Crippen LogP contribution in [0.2, 0.25) is 0 Å². The topological polar surface area (TPSA) is 29.1 Å². The fraction of sp³-hybridized carbons (Fsp3) is 0.462. The van der Waals surface area contributed by atoms with Crippen LogP contribution in [-0.2, 0) is 17.6 Å². The predicted molar refractivity (Wildman–Crippen MR) is 65.7 cm³/mol. The first-order valence-electron chi connectivity index (χ1n) is 5.65. The molecule has 2 nitrogen and oxygen atoms in total. The quantitative estimate of drug-likeness (QED) is 0.802. The van der Waals surface area contributed by atoms with E-state index in [1.54, 1.807) is 0 Å². The smallest absolute Gasteiger partial charge is 0.223 e. The van der Waals surface area contributed by atoms with Gasteiger partial charge in [0.05, 0.1) is 0 Å². The van der Waals surface area contributed by atoms with Gasteiger partial charge in [-0.1, -0.05) is 24.3 Å². The number of halogens is 1. The van der Waals surface area contributed by atoms with E-state index in [4.69, 9.17) is 11.6 Å². The van der Waals surface area contributed by atoms with Crippen LogP contribution >= 0.6 is 11.6 Å². The van der Waals surface area contributed by atoms with Crippen LogP contribution in [0.5, 0.6) is 0 Å². The zero-order valence-electron chi connectivity index (χ0n) is 9.37. The Morgan fingerprint density at radius 3 is 2.50 bits per heavy atom. The van der Waals surface area contributed by atoms with E-state index in [1.807, 2.05) is 19.1 Å². The number of carbonyl (C=O) groups excluding carboxylic acids is 1. The molecule has 1 N–H and O–H groups in total. The lowest BCUT2D eigenvalue weighted by Gasteiger charge is -2.11. The molecule has 1 aromatic rings. The molecule has 0 aliphatic heterocycles. The molecule has 0 saturated heterocycles. The molecule has 3 heteroatoms. The van der Waals surface area contributed by atoms with E-state index in [-0.39, 0.29) is 17.2 Å². The summed E-state index contributed by atoms with van der Waals surface area (Å²) in [6, 6.07) is 8.26. The Hall–Kier alpha value is -1.02. The van der Waals surface area contributed by atoms with Crippen molar-refractivity contribution in [2.45, 2.75) is 25.1 Å². The molecule has 2 rings (SSSR count). The van der Waals surface area contributed by atoms with Crippen molar-refractivity contribution < 1.29 is 4.79 Å². The van der Waals surface area contributed by atoms with Crippen molar-refractivity contribution in [3.8, 4) is 0 Å². The van der Waals surface area contributed by atoms with E-state index in [0.29, 0.717) is 6.54 Å². The summed E-state index contributed by atoms with van der Waals surface area (Å²) in [6.07, 6.45) is 1.72. The van der Waals surface area contributed by atoms with Crippen molar-refractivity contribution in [2.75, 3.05) is 6.54 Å². The molecule has 0 aromatic heterocycles. The van der Waals surface area contributed by atoms with Crippen LogP contribution in [0.25, 0.3) is 0 Å². The minimum atomic E-state index is -0.00673. The highest BCUT2D eigenvalue weighted by Gasteiger charge is 2.26. The standard InChI is InChI=1S/C13H16ClNO/c1-9(14)8-15-13(16)12-6-10-4-2-3-5-11(10)7-12/h2-5,9,12H,6-8H2,1H3,(H,15,16). The molecule has 1 unspecified atom stereocenters. The second kappa shape index (κ2) is 4.88. The van der Waals surface area contributed by atoms with Crippen LogP contribution < -0.4 is 5.32 Å². The first kappa shape index (κ1) is 11.5. The zero-order chi connectivity index (χ0) is 11.5. The summed E-state index contributed by atoms with van der Waals surface area (Å²) in [4.78, 5) is 11.8. The maximum atomic E-state index is 11.8. The highest BCUT2D eigenvalue weighted by molar-refractivity contribution is 6.20. The Balaban J connectivity index is 1.93. The molecule has 0 saturated carbocycles. The van der Waals surface area contributed by atoms with E-state index < -0.39 is 0 Å². The summed E-state index contributed by atoms with van der Waals surface area (Å²) in [5.41, 5.74) is 2.61. The molecule has 1 aliphatic carbocycles. The Morgan fingerprint density at radius 2 is 2.00 bits per heavy atom. The number of fused-ring (bicyclic) bond motifs is 1. The van der Waals surface area contributed by atoms with Gasteiger partial charge < -0.3 is 5.32 Å². The first-order valence-corrected chi connectivity index (χ1v) is 6.09. The fourth-order valence-corrected chi connectivity index (χ4v) is 2.21. The molecule has 1 atom stereocenters. The van der Waals surface area contributed by atoms with Gasteiger partial charge in [0.1, 0.15) is 0 Å². The lowest BCUT2D eigenvalue weighted by molar-refractivity contribution is -0.124. The van der Waals surface area contributed by atoms with Crippen LogP contribution in [0.3, 0.4) is 0 Å². The largest absolute Gasteiger partial charge is 0.354 e. The van der Waals surface area contributed by atoms with Crippen molar-refractivity contribution in [3.63, 3.8) is 0 Å². The molecular weight excluding hydrogens is 222 g/mol. The number of benzene rings is 1. The Bertz CT molecular complexity index is 364. The molecule has 16 heavy (non-hydrogen) atoms. The molecule has 1 aliphatic rings. The Morgan fingerprint density at radius 1 is 1.44 bits per heavy atom. The van der Waals surface area contributed by atoms with E-state index in [1.165, 1.54) is 11.1 Å². The second-order valence-electron chi connectivity index (χ2n) is 4.40. The van der Waals surface area contributed by atoms with Crippen LogP contribution in [-0.4, -0.2) is 17.8 Å². The zero-order valence-corrected chi connectivity index (χ0v) is 10.1. The summed E-state index contributed by atoms with van der Waals surface area (Å²) in [5, 5.41) is 2.88. The molecule has 0 radical (unpaired) electrons. The summed E-state index contributed by atoms with van der Waals surface area (Å²) >= 11 is 5.80. The van der Waals surface area contributed by atoms with Crippen LogP contribution in [0.4, 0.5) is 0 Å². The van der Waals surface area contributed by atoms with Crippen LogP contribution in [0.15, 0.2) is 24.3 Å². The van der Waals surface area contributed by atoms with Gasteiger partial charge in [-0.25, -0.2) is 0 Å². The fourth-order valence-electron chi connectivity index (χ4n) is 2.13. The van der Waals surface area contributed by atoms with Crippen molar-refractivity contribution in [1.29, 1.82) is 0 Å². The average molecular weight is 238 g/mol. The molecule has 0 spiro atoms. The molecule has 0 fully saturated rings. The minimum absolute atomic E-state index is 0.00673. The number of amides is 1. The third-order valence-corrected chi connectivity index (χ3v) is 3.13. The highest BCUT2D eigenvalue weighted by Crippen LogP contribution is 2.26. The van der Waals surface area contributed by atoms with Crippen molar-refractivity contribution in [2.24, 2.45) is 5.92 Å². The van der Waals surface area contributed by atoms with E-state index in [0.717, 1.165) is 12.8 Å². The average Bonchev–Trinajstić information content (AvgIpc) is 2.69. The molecule has 1 amide bonds. The Kier molecular flexibility index (Phi) is 3.49. The van der Waals surface area contributed by atoms with Gasteiger partial charge in [0.25, 0.3) is 0 Å². The third-order valence-electron chi connectivity index (χ3n) is 2.98. The number of nitrogens with one attached hydrogen (secondary N) is 1. The first-order chi connectivity index (χ1) is 7.66. The maximum absolute atomic E-state index is 11.8. The summed E-state index contributed by atoms with van der Waals surface area (Å²) in [5.74, 6) is 0.219. The second-order valence-corrected chi connectivity index (χ2v) is 5.14. The van der Waals surface area contributed by atoms with E-state index in [9.17, 15) is 4.79 Å². The maximum Gasteiger partial charge on any atom is 0.223 e. The lowest BCUT2D eigenvalue weighted by Crippen LogP contribution is -2.34. The molecular formula is C13H16ClNO. The summed E-state index contributed by atoms with van der Waals surface area (Å²) in [6.45, 7) is 2.43. The number of hydrogen-bond donors (Lipinski definition) is 1. The molecule has 0 bridgehead atoms. The summed E-state index contributed by atoms with van der Waals surface area (Å²) < 4.78 is 0. The van der Waals surface area contributed by atoms with Gasteiger partial charge in [-0.2, -0.15) is 0 Å². The summed E-state index contributed by atoms with van der Waals surface area (Å²) in [7, 11) is 0. The normalized spacial score (nSPS) is 16.9. The molecule has 0 heterocycles. The van der Waals surface area contributed by atoms with Crippen LogP contribution in [0.1, 0.15) is 18.1 Å². The van der Waals surface area contributed by atoms with Gasteiger partial charge in [-0.15, -0.1) is 11.6 Å². The Labute approximate surface area is 101 Å². The lowest BCUT2D eigenvalue weighted by atomic mass is 10.1. The van der Waals surface area contributed by atoms with Gasteiger partial charge in [0, 0.05) is 17.8 Å². The van der Waals surface area contributed by atoms with Gasteiger partial charge in [-0.05, 0) is 30.9 Å². The third kappa shape index (κ3) is 2.56. The van der Waals surface area contributed by atoms with Gasteiger partial charge in [-0.3, -0.25) is 4.79 Å². The number of hydrogen-bond acceptors (Lipinski definition) is 1. The van der Waals surface area contributed by atoms with E-state index >= 15 is 0 Å². The van der Waals surface area contributed by atoms with Gasteiger partial charge in [0.15, 0.2) is 0 Å². The SMILES string of the molecule is CC(Cl)CNC(=O)C1Cc2ccccc2C1. The van der Waals surface area contributed by atoms with Gasteiger partial charge >= 0.3 is 0 Å². The van der Waals surface area contributed by atoms with Crippen molar-refractivity contribution >= 4 is 17.5 Å².